The van der Waals surface area contributed by atoms with E-state index in [4.69, 9.17) is 9.47 Å². The van der Waals surface area contributed by atoms with Crippen LogP contribution in [-0.4, -0.2) is 47.1 Å². The highest BCUT2D eigenvalue weighted by molar-refractivity contribution is 7.90. The van der Waals surface area contributed by atoms with Crippen molar-refractivity contribution in [1.82, 2.24) is 4.90 Å². The molecule has 26 heavy (non-hydrogen) atoms. The number of hydrogen-bond acceptors (Lipinski definition) is 4. The van der Waals surface area contributed by atoms with Crippen molar-refractivity contribution in [2.75, 3.05) is 26.0 Å². The average Bonchev–Trinajstić information content (AvgIpc) is 2.53. The van der Waals surface area contributed by atoms with Crippen molar-refractivity contribution in [3.05, 3.63) is 24.0 Å². The van der Waals surface area contributed by atoms with Crippen LogP contribution in [0.1, 0.15) is 40.0 Å². The molecule has 1 aliphatic heterocycles. The van der Waals surface area contributed by atoms with Gasteiger partial charge in [-0.25, -0.2) is 9.18 Å². The number of rotatable bonds is 5. The summed E-state index contributed by atoms with van der Waals surface area (Å²) in [4.78, 5) is 14.0. The minimum Gasteiger partial charge on any atom is -0.612 e. The highest BCUT2D eigenvalue weighted by atomic mass is 32.2. The zero-order valence-corrected chi connectivity index (χ0v) is 16.7. The topological polar surface area (TPSA) is 61.8 Å². The van der Waals surface area contributed by atoms with Crippen molar-refractivity contribution >= 4 is 17.3 Å². The summed E-state index contributed by atoms with van der Waals surface area (Å²) in [5, 5.41) is 0. The highest BCUT2D eigenvalue weighted by Gasteiger charge is 2.26. The summed E-state index contributed by atoms with van der Waals surface area (Å²) in [7, 11) is 0. The molecule has 0 N–H and O–H groups in total. The van der Waals surface area contributed by atoms with Crippen LogP contribution in [0.4, 0.5) is 9.18 Å². The van der Waals surface area contributed by atoms with Gasteiger partial charge >= 0.3 is 6.09 Å². The number of amides is 1. The van der Waals surface area contributed by atoms with Gasteiger partial charge in [-0.15, -0.1) is 0 Å². The molecule has 1 aromatic rings. The maximum atomic E-state index is 13.8. The molecule has 0 spiro atoms. The summed E-state index contributed by atoms with van der Waals surface area (Å²) in [6, 6.07) is 4.42. The molecule has 2 rings (SSSR count). The molecule has 1 atom stereocenters. The summed E-state index contributed by atoms with van der Waals surface area (Å²) in [5.74, 6) is 0.415. The predicted molar refractivity (Wildman–Crippen MR) is 99.4 cm³/mol. The van der Waals surface area contributed by atoms with Crippen LogP contribution >= 0.6 is 0 Å². The lowest BCUT2D eigenvalue weighted by atomic mass is 9.94. The fourth-order valence-electron chi connectivity index (χ4n) is 2.88. The summed E-state index contributed by atoms with van der Waals surface area (Å²) in [6.45, 7) is 7.45. The number of likely N-dealkylation sites (tertiary alicyclic amines) is 1. The van der Waals surface area contributed by atoms with Gasteiger partial charge in [0.05, 0.1) is 6.61 Å². The van der Waals surface area contributed by atoms with Crippen LogP contribution in [0.3, 0.4) is 0 Å². The molecular formula is C19H28FNO4S. The van der Waals surface area contributed by atoms with Gasteiger partial charge in [0.2, 0.25) is 0 Å². The predicted octanol–water partition coefficient (Wildman–Crippen LogP) is 3.98. The first-order chi connectivity index (χ1) is 12.2. The van der Waals surface area contributed by atoms with Crippen molar-refractivity contribution in [2.45, 2.75) is 50.5 Å². The number of benzene rings is 1. The van der Waals surface area contributed by atoms with Crippen molar-refractivity contribution in [3.63, 3.8) is 0 Å². The van der Waals surface area contributed by atoms with E-state index in [1.807, 2.05) is 20.8 Å². The third-order valence-electron chi connectivity index (χ3n) is 4.27. The summed E-state index contributed by atoms with van der Waals surface area (Å²) < 4.78 is 36.2. The Morgan fingerprint density at radius 2 is 2.00 bits per heavy atom. The van der Waals surface area contributed by atoms with E-state index in [-0.39, 0.29) is 11.0 Å². The van der Waals surface area contributed by atoms with Crippen molar-refractivity contribution in [2.24, 2.45) is 5.92 Å². The standard InChI is InChI=1S/C19H28FNO4S/c1-19(2,3)25-18(22)21-10-7-14(8-11-21)9-12-24-15-5-6-17(26(4)23)16(20)13-15/h5-6,13-14H,7-12H2,1-4H3. The van der Waals surface area contributed by atoms with E-state index in [1.165, 1.54) is 18.4 Å². The maximum absolute atomic E-state index is 13.8. The molecule has 1 unspecified atom stereocenters. The number of piperidine rings is 1. The smallest absolute Gasteiger partial charge is 0.410 e. The van der Waals surface area contributed by atoms with Crippen LogP contribution in [0.5, 0.6) is 5.75 Å². The van der Waals surface area contributed by atoms with E-state index in [2.05, 4.69) is 0 Å². The van der Waals surface area contributed by atoms with Gasteiger partial charge in [0.15, 0.2) is 10.7 Å². The number of hydrogen-bond donors (Lipinski definition) is 0. The number of carbonyl (C=O) groups excluding carboxylic acids is 1. The molecule has 7 heteroatoms. The zero-order valence-electron chi connectivity index (χ0n) is 15.9. The number of carbonyl (C=O) groups is 1. The Labute approximate surface area is 158 Å². The maximum Gasteiger partial charge on any atom is 0.410 e. The second-order valence-electron chi connectivity index (χ2n) is 7.59. The Bertz CT molecular complexity index is 610. The SMILES string of the molecule is C[S+]([O-])c1ccc(OCCC2CCN(C(=O)OC(C)(C)C)CC2)cc1F. The monoisotopic (exact) mass is 385 g/mol. The molecule has 5 nitrogen and oxygen atoms in total. The Morgan fingerprint density at radius 3 is 2.54 bits per heavy atom. The lowest BCUT2D eigenvalue weighted by molar-refractivity contribution is 0.0177. The quantitative estimate of drug-likeness (QED) is 0.719. The number of nitrogens with zero attached hydrogens (tertiary/aromatic N) is 1. The number of ether oxygens (including phenoxy) is 2. The fourth-order valence-corrected chi connectivity index (χ4v) is 3.47. The second-order valence-corrected chi connectivity index (χ2v) is 8.94. The second kappa shape index (κ2) is 8.95. The van der Waals surface area contributed by atoms with Gasteiger partial charge in [-0.2, -0.15) is 0 Å². The van der Waals surface area contributed by atoms with Crippen LogP contribution in [-0.2, 0) is 15.9 Å². The van der Waals surface area contributed by atoms with E-state index < -0.39 is 22.6 Å². The third-order valence-corrected chi connectivity index (χ3v) is 5.22. The first-order valence-corrected chi connectivity index (χ1v) is 10.5. The normalized spacial score (nSPS) is 17.1. The van der Waals surface area contributed by atoms with Crippen molar-refractivity contribution in [3.8, 4) is 5.75 Å². The molecule has 1 heterocycles. The summed E-state index contributed by atoms with van der Waals surface area (Å²) >= 11 is -1.35. The van der Waals surface area contributed by atoms with Gasteiger partial charge < -0.3 is 18.9 Å². The van der Waals surface area contributed by atoms with Crippen molar-refractivity contribution < 1.29 is 23.2 Å². The first-order valence-electron chi connectivity index (χ1n) is 8.89. The van der Waals surface area contributed by atoms with Gasteiger partial charge in [0.1, 0.15) is 17.6 Å². The molecule has 1 saturated heterocycles. The molecule has 0 aliphatic carbocycles. The van der Waals surface area contributed by atoms with Gasteiger partial charge in [-0.05, 0) is 69.3 Å². The number of halogens is 1. The minimum absolute atomic E-state index is 0.187. The first kappa shape index (κ1) is 20.8. The average molecular weight is 386 g/mol. The largest absolute Gasteiger partial charge is 0.612 e. The molecule has 1 aromatic carbocycles. The summed E-state index contributed by atoms with van der Waals surface area (Å²) in [5.41, 5.74) is -0.475. The molecule has 0 saturated carbocycles. The highest BCUT2D eigenvalue weighted by Crippen LogP contribution is 2.24. The third kappa shape index (κ3) is 6.36. The van der Waals surface area contributed by atoms with Gasteiger partial charge in [-0.3, -0.25) is 0 Å². The molecular weight excluding hydrogens is 357 g/mol. The molecule has 1 fully saturated rings. The molecule has 0 bridgehead atoms. The molecule has 146 valence electrons. The molecule has 0 aromatic heterocycles. The van der Waals surface area contributed by atoms with E-state index in [9.17, 15) is 13.7 Å². The fraction of sp³-hybridized carbons (Fsp3) is 0.632. The Morgan fingerprint density at radius 1 is 1.35 bits per heavy atom. The minimum atomic E-state index is -1.35. The Hall–Kier alpha value is -1.47. The van der Waals surface area contributed by atoms with E-state index in [1.54, 1.807) is 11.0 Å². The summed E-state index contributed by atoms with van der Waals surface area (Å²) in [6.07, 6.45) is 3.86. The van der Waals surface area contributed by atoms with Gasteiger partial charge in [-0.1, -0.05) is 0 Å². The zero-order chi connectivity index (χ0) is 19.3. The Kier molecular flexibility index (Phi) is 7.17. The lowest BCUT2D eigenvalue weighted by Crippen LogP contribution is -2.41. The molecule has 1 amide bonds. The molecule has 1 aliphatic rings. The van der Waals surface area contributed by atoms with Crippen molar-refractivity contribution in [1.29, 1.82) is 0 Å². The lowest BCUT2D eigenvalue weighted by Gasteiger charge is -2.33. The Balaban J connectivity index is 1.72. The van der Waals surface area contributed by atoms with Crippen LogP contribution in [0.2, 0.25) is 0 Å². The van der Waals surface area contributed by atoms with Crippen LogP contribution in [0.15, 0.2) is 23.1 Å². The van der Waals surface area contributed by atoms with Gasteiger partial charge in [0.25, 0.3) is 0 Å². The van der Waals surface area contributed by atoms with Crippen LogP contribution in [0.25, 0.3) is 0 Å². The van der Waals surface area contributed by atoms with Crippen LogP contribution in [0, 0.1) is 11.7 Å². The van der Waals surface area contributed by atoms with Crippen LogP contribution < -0.4 is 4.74 Å². The van der Waals surface area contributed by atoms with E-state index in [0.29, 0.717) is 31.4 Å². The molecule has 0 radical (unpaired) electrons. The van der Waals surface area contributed by atoms with E-state index >= 15 is 0 Å². The van der Waals surface area contributed by atoms with Gasteiger partial charge in [0, 0.05) is 19.2 Å². The van der Waals surface area contributed by atoms with E-state index in [0.717, 1.165) is 19.3 Å².